The summed E-state index contributed by atoms with van der Waals surface area (Å²) < 4.78 is 24.2. The fourth-order valence-corrected chi connectivity index (χ4v) is 4.80. The smallest absolute Gasteiger partial charge is 0.251 e. The van der Waals surface area contributed by atoms with E-state index in [0.717, 1.165) is 50.7 Å². The van der Waals surface area contributed by atoms with Gasteiger partial charge in [-0.25, -0.2) is 4.39 Å². The van der Waals surface area contributed by atoms with E-state index in [9.17, 15) is 9.18 Å². The van der Waals surface area contributed by atoms with Gasteiger partial charge >= 0.3 is 0 Å². The number of halogens is 1. The molecule has 2 heterocycles. The Bertz CT molecular complexity index is 602. The quantitative estimate of drug-likeness (QED) is 0.863. The second kappa shape index (κ2) is 8.38. The molecule has 2 fully saturated rings. The van der Waals surface area contributed by atoms with Crippen molar-refractivity contribution in [2.24, 2.45) is 0 Å². The molecule has 0 atom stereocenters. The maximum atomic E-state index is 13.8. The minimum absolute atomic E-state index is 0.0181. The average molecular weight is 368 g/mol. The number of benzene rings is 1. The first-order valence-corrected chi connectivity index (χ1v) is 9.82. The molecule has 2 aliphatic rings. The summed E-state index contributed by atoms with van der Waals surface area (Å²) in [4.78, 5) is 15.0. The zero-order valence-corrected chi connectivity index (χ0v) is 15.4. The van der Waals surface area contributed by atoms with Crippen LogP contribution in [0.15, 0.2) is 18.2 Å². The molecule has 7 heteroatoms. The topological polar surface area (TPSA) is 50.8 Å². The van der Waals surface area contributed by atoms with Gasteiger partial charge in [0.05, 0.1) is 20.3 Å². The lowest BCUT2D eigenvalue weighted by atomic mass is 9.89. The van der Waals surface area contributed by atoms with E-state index in [1.165, 1.54) is 19.2 Å². The van der Waals surface area contributed by atoms with E-state index in [2.05, 4.69) is 10.2 Å². The van der Waals surface area contributed by atoms with Crippen molar-refractivity contribution >= 4 is 17.7 Å². The number of amides is 1. The van der Waals surface area contributed by atoms with Crippen LogP contribution in [-0.2, 0) is 4.74 Å². The summed E-state index contributed by atoms with van der Waals surface area (Å²) in [6.07, 6.45) is 2.10. The van der Waals surface area contributed by atoms with E-state index in [4.69, 9.17) is 9.47 Å². The zero-order valence-electron chi connectivity index (χ0n) is 14.6. The Balaban J connectivity index is 1.68. The molecule has 0 radical (unpaired) electrons. The lowest BCUT2D eigenvalue weighted by Gasteiger charge is -2.48. The molecule has 1 amide bonds. The van der Waals surface area contributed by atoms with Crippen LogP contribution < -0.4 is 10.1 Å². The van der Waals surface area contributed by atoms with Gasteiger partial charge in [-0.2, -0.15) is 11.8 Å². The Labute approximate surface area is 152 Å². The number of methoxy groups -OCH3 is 1. The third-order valence-electron chi connectivity index (χ3n) is 5.10. The molecule has 25 heavy (non-hydrogen) atoms. The lowest BCUT2D eigenvalue weighted by Crippen LogP contribution is -2.60. The molecule has 3 rings (SSSR count). The van der Waals surface area contributed by atoms with Crippen LogP contribution in [0.2, 0.25) is 0 Å². The minimum Gasteiger partial charge on any atom is -0.494 e. The van der Waals surface area contributed by atoms with Gasteiger partial charge in [-0.05, 0) is 42.5 Å². The van der Waals surface area contributed by atoms with E-state index in [0.29, 0.717) is 12.1 Å². The van der Waals surface area contributed by atoms with Crippen molar-refractivity contribution in [1.82, 2.24) is 10.2 Å². The summed E-state index contributed by atoms with van der Waals surface area (Å²) in [6.45, 7) is 3.87. The highest BCUT2D eigenvalue weighted by atomic mass is 32.2. The minimum atomic E-state index is -0.521. The highest BCUT2D eigenvalue weighted by Gasteiger charge is 2.39. The van der Waals surface area contributed by atoms with E-state index < -0.39 is 5.82 Å². The highest BCUT2D eigenvalue weighted by molar-refractivity contribution is 7.99. The van der Waals surface area contributed by atoms with Gasteiger partial charge in [0, 0.05) is 30.7 Å². The predicted molar refractivity (Wildman–Crippen MR) is 97.0 cm³/mol. The fourth-order valence-electron chi connectivity index (χ4n) is 3.55. The van der Waals surface area contributed by atoms with Crippen LogP contribution >= 0.6 is 11.8 Å². The number of morpholine rings is 1. The van der Waals surface area contributed by atoms with Crippen LogP contribution in [0.3, 0.4) is 0 Å². The van der Waals surface area contributed by atoms with Gasteiger partial charge < -0.3 is 14.8 Å². The summed E-state index contributed by atoms with van der Waals surface area (Å²) in [5, 5.41) is 3.03. The van der Waals surface area contributed by atoms with E-state index in [1.54, 1.807) is 6.07 Å². The molecule has 0 bridgehead atoms. The number of rotatable bonds is 5. The largest absolute Gasteiger partial charge is 0.494 e. The monoisotopic (exact) mass is 368 g/mol. The summed E-state index contributed by atoms with van der Waals surface area (Å²) in [5.41, 5.74) is 0.302. The van der Waals surface area contributed by atoms with Crippen molar-refractivity contribution in [2.45, 2.75) is 18.4 Å². The number of nitrogens with one attached hydrogen (secondary N) is 1. The van der Waals surface area contributed by atoms with Gasteiger partial charge in [0.25, 0.3) is 5.91 Å². The Morgan fingerprint density at radius 2 is 2.08 bits per heavy atom. The van der Waals surface area contributed by atoms with Gasteiger partial charge in [-0.3, -0.25) is 9.69 Å². The van der Waals surface area contributed by atoms with Crippen LogP contribution in [0.1, 0.15) is 23.2 Å². The zero-order chi connectivity index (χ0) is 17.7. The van der Waals surface area contributed by atoms with E-state index in [1.807, 2.05) is 11.8 Å². The number of ether oxygens (including phenoxy) is 2. The van der Waals surface area contributed by atoms with Crippen molar-refractivity contribution in [1.29, 1.82) is 0 Å². The maximum absolute atomic E-state index is 13.8. The van der Waals surface area contributed by atoms with Crippen LogP contribution in [0, 0.1) is 5.82 Å². The second-order valence-electron chi connectivity index (χ2n) is 6.47. The molecule has 5 nitrogen and oxygen atoms in total. The number of hydrogen-bond donors (Lipinski definition) is 1. The van der Waals surface area contributed by atoms with Crippen molar-refractivity contribution in [3.63, 3.8) is 0 Å². The molecule has 0 saturated carbocycles. The first-order valence-electron chi connectivity index (χ1n) is 8.67. The molecule has 0 aliphatic carbocycles. The Kier molecular flexibility index (Phi) is 6.19. The van der Waals surface area contributed by atoms with Crippen molar-refractivity contribution in [3.05, 3.63) is 29.6 Å². The SMILES string of the molecule is COc1ccc(C(=O)NCC2(N3CCOCC3)CCSCC2)cc1F. The first kappa shape index (κ1) is 18.5. The third-order valence-corrected chi connectivity index (χ3v) is 6.08. The van der Waals surface area contributed by atoms with Crippen molar-refractivity contribution in [2.75, 3.05) is 51.5 Å². The van der Waals surface area contributed by atoms with Gasteiger partial charge in [0.15, 0.2) is 11.6 Å². The predicted octanol–water partition coefficient (Wildman–Crippen LogP) is 2.16. The van der Waals surface area contributed by atoms with Gasteiger partial charge in [0.2, 0.25) is 0 Å². The summed E-state index contributed by atoms with van der Waals surface area (Å²) in [5.74, 6) is 1.58. The number of thioether (sulfide) groups is 1. The number of nitrogens with zero attached hydrogens (tertiary/aromatic N) is 1. The molecule has 2 aliphatic heterocycles. The molecule has 1 N–H and O–H groups in total. The second-order valence-corrected chi connectivity index (χ2v) is 7.69. The van der Waals surface area contributed by atoms with E-state index >= 15 is 0 Å². The van der Waals surface area contributed by atoms with Gasteiger partial charge in [0.1, 0.15) is 0 Å². The van der Waals surface area contributed by atoms with Crippen molar-refractivity contribution in [3.8, 4) is 5.75 Å². The Morgan fingerprint density at radius 3 is 2.72 bits per heavy atom. The first-order chi connectivity index (χ1) is 12.1. The van der Waals surface area contributed by atoms with Gasteiger partial charge in [-0.15, -0.1) is 0 Å². The average Bonchev–Trinajstić information content (AvgIpc) is 2.67. The summed E-state index contributed by atoms with van der Waals surface area (Å²) in [7, 11) is 1.41. The van der Waals surface area contributed by atoms with E-state index in [-0.39, 0.29) is 17.2 Å². The van der Waals surface area contributed by atoms with Crippen molar-refractivity contribution < 1.29 is 18.7 Å². The molecule has 0 aromatic heterocycles. The van der Waals surface area contributed by atoms with Crippen LogP contribution in [0.5, 0.6) is 5.75 Å². The van der Waals surface area contributed by atoms with Crippen LogP contribution in [0.4, 0.5) is 4.39 Å². The fraction of sp³-hybridized carbons (Fsp3) is 0.611. The molecule has 138 valence electrons. The molecule has 0 unspecified atom stereocenters. The lowest BCUT2D eigenvalue weighted by molar-refractivity contribution is -0.0255. The number of carbonyl (C=O) groups is 1. The molecular formula is C18H25FN2O3S. The standard InChI is InChI=1S/C18H25FN2O3S/c1-23-16-3-2-14(12-15(16)19)17(22)20-13-18(4-10-25-11-5-18)21-6-8-24-9-7-21/h2-3,12H,4-11,13H2,1H3,(H,20,22). The summed E-state index contributed by atoms with van der Waals surface area (Å²) >= 11 is 1.96. The van der Waals surface area contributed by atoms with Crippen LogP contribution in [-0.4, -0.2) is 67.8 Å². The number of carbonyl (C=O) groups excluding carboxylic acids is 1. The third kappa shape index (κ3) is 4.27. The Hall–Kier alpha value is -1.31. The highest BCUT2D eigenvalue weighted by Crippen LogP contribution is 2.33. The molecule has 0 spiro atoms. The maximum Gasteiger partial charge on any atom is 0.251 e. The van der Waals surface area contributed by atoms with Gasteiger partial charge in [-0.1, -0.05) is 0 Å². The molecule has 2 saturated heterocycles. The number of hydrogen-bond acceptors (Lipinski definition) is 5. The van der Waals surface area contributed by atoms with Crippen LogP contribution in [0.25, 0.3) is 0 Å². The molecular weight excluding hydrogens is 343 g/mol. The normalized spacial score (nSPS) is 20.9. The summed E-state index contributed by atoms with van der Waals surface area (Å²) in [6, 6.07) is 4.31. The Morgan fingerprint density at radius 1 is 1.36 bits per heavy atom. The molecule has 1 aromatic carbocycles. The molecule has 1 aromatic rings.